The van der Waals surface area contributed by atoms with E-state index in [4.69, 9.17) is 0 Å². The molecule has 0 radical (unpaired) electrons. The number of anilines is 1. The maximum atomic E-state index is 13.0. The summed E-state index contributed by atoms with van der Waals surface area (Å²) in [7, 11) is 0. The molecule has 0 aliphatic heterocycles. The number of benzene rings is 2. The van der Waals surface area contributed by atoms with Gasteiger partial charge in [-0.15, -0.1) is 0 Å². The largest absolute Gasteiger partial charge is 0.352 e. The summed E-state index contributed by atoms with van der Waals surface area (Å²) in [6.45, 7) is -0.00502. The van der Waals surface area contributed by atoms with E-state index in [1.54, 1.807) is 0 Å². The summed E-state index contributed by atoms with van der Waals surface area (Å²) in [6.07, 6.45) is 1.23. The molecule has 24 heavy (non-hydrogen) atoms. The van der Waals surface area contributed by atoms with E-state index in [9.17, 15) is 13.6 Å². The van der Waals surface area contributed by atoms with Gasteiger partial charge in [-0.2, -0.15) is 5.10 Å². The van der Waals surface area contributed by atoms with Gasteiger partial charge in [0.2, 0.25) is 0 Å². The first-order valence-corrected chi connectivity index (χ1v) is 7.80. The van der Waals surface area contributed by atoms with Crippen molar-refractivity contribution in [1.82, 2.24) is 10.4 Å². The number of hydrazone groups is 1. The van der Waals surface area contributed by atoms with Crippen LogP contribution < -0.4 is 10.7 Å². The maximum Gasteiger partial charge on any atom is 0.259 e. The molecular weight excluding hydrogens is 334 g/mol. The quantitative estimate of drug-likeness (QED) is 0.551. The highest BCUT2D eigenvalue weighted by molar-refractivity contribution is 7.22. The fraction of sp³-hybridized carbons (Fsp3) is 0.0625. The van der Waals surface area contributed by atoms with Crippen LogP contribution in [0.1, 0.15) is 5.56 Å². The number of amides is 1. The van der Waals surface area contributed by atoms with Crippen LogP contribution in [0.5, 0.6) is 0 Å². The van der Waals surface area contributed by atoms with Crippen LogP contribution in [-0.4, -0.2) is 23.7 Å². The summed E-state index contributed by atoms with van der Waals surface area (Å²) >= 11 is 1.45. The Hall–Kier alpha value is -2.87. The first kappa shape index (κ1) is 16.0. The number of aromatic nitrogens is 1. The molecule has 0 saturated carbocycles. The normalized spacial score (nSPS) is 11.1. The highest BCUT2D eigenvalue weighted by Crippen LogP contribution is 2.24. The van der Waals surface area contributed by atoms with Gasteiger partial charge < -0.3 is 5.32 Å². The highest BCUT2D eigenvalue weighted by atomic mass is 32.1. The van der Waals surface area contributed by atoms with E-state index in [0.29, 0.717) is 10.7 Å². The maximum absolute atomic E-state index is 13.0. The lowest BCUT2D eigenvalue weighted by Gasteiger charge is -2.01. The minimum absolute atomic E-state index is 0.00502. The van der Waals surface area contributed by atoms with E-state index >= 15 is 0 Å². The monoisotopic (exact) mass is 346 g/mol. The van der Waals surface area contributed by atoms with Gasteiger partial charge in [0, 0.05) is 0 Å². The minimum atomic E-state index is -0.970. The number of nitrogens with zero attached hydrogens (tertiary/aromatic N) is 2. The van der Waals surface area contributed by atoms with Crippen molar-refractivity contribution in [2.75, 3.05) is 11.9 Å². The lowest BCUT2D eigenvalue weighted by Crippen LogP contribution is -2.25. The first-order chi connectivity index (χ1) is 11.6. The summed E-state index contributed by atoms with van der Waals surface area (Å²) < 4.78 is 26.8. The number of hydrogen-bond donors (Lipinski definition) is 2. The van der Waals surface area contributed by atoms with Crippen molar-refractivity contribution in [1.29, 1.82) is 0 Å². The fourth-order valence-corrected chi connectivity index (χ4v) is 2.78. The Morgan fingerprint density at radius 1 is 1.21 bits per heavy atom. The number of nitrogens with one attached hydrogen (secondary N) is 2. The molecule has 3 aromatic rings. The molecule has 0 atom stereocenters. The van der Waals surface area contributed by atoms with Crippen LogP contribution in [0.4, 0.5) is 13.9 Å². The van der Waals surface area contributed by atoms with Crippen LogP contribution in [-0.2, 0) is 4.79 Å². The second kappa shape index (κ2) is 7.14. The second-order valence-electron chi connectivity index (χ2n) is 4.81. The molecule has 1 aromatic heterocycles. The van der Waals surface area contributed by atoms with Gasteiger partial charge in [0.1, 0.15) is 0 Å². The molecule has 0 aliphatic rings. The molecule has 0 aliphatic carbocycles. The highest BCUT2D eigenvalue weighted by Gasteiger charge is 2.05. The van der Waals surface area contributed by atoms with E-state index in [1.807, 2.05) is 24.3 Å². The molecule has 0 unspecified atom stereocenters. The summed E-state index contributed by atoms with van der Waals surface area (Å²) in [5, 5.41) is 7.24. The van der Waals surface area contributed by atoms with Crippen molar-refractivity contribution >= 4 is 38.8 Å². The zero-order chi connectivity index (χ0) is 16.9. The van der Waals surface area contributed by atoms with E-state index in [-0.39, 0.29) is 12.5 Å². The first-order valence-electron chi connectivity index (χ1n) is 6.98. The lowest BCUT2D eigenvalue weighted by atomic mass is 10.2. The third-order valence-corrected chi connectivity index (χ3v) is 4.03. The Labute approximate surface area is 140 Å². The molecule has 8 heteroatoms. The standard InChI is InChI=1S/C16H12F2N4OS/c17-11-6-5-10(7-12(11)18)8-20-22-15(23)9-19-16-21-13-3-1-2-4-14(13)24-16/h1-8H,9H2,(H,19,21)(H,22,23)/b20-8-. The van der Waals surface area contributed by atoms with Crippen molar-refractivity contribution < 1.29 is 13.6 Å². The molecule has 1 amide bonds. The number of carbonyl (C=O) groups is 1. The number of halogens is 2. The van der Waals surface area contributed by atoms with Gasteiger partial charge in [0.25, 0.3) is 5.91 Å². The average Bonchev–Trinajstić information content (AvgIpc) is 2.99. The minimum Gasteiger partial charge on any atom is -0.352 e. The van der Waals surface area contributed by atoms with Crippen molar-refractivity contribution in [3.05, 3.63) is 59.7 Å². The molecule has 2 aromatic carbocycles. The molecule has 2 N–H and O–H groups in total. The molecular formula is C16H12F2N4OS. The Morgan fingerprint density at radius 3 is 2.83 bits per heavy atom. The summed E-state index contributed by atoms with van der Waals surface area (Å²) in [5.41, 5.74) is 3.50. The fourth-order valence-electron chi connectivity index (χ4n) is 1.91. The second-order valence-corrected chi connectivity index (χ2v) is 5.84. The van der Waals surface area contributed by atoms with Crippen LogP contribution in [0.2, 0.25) is 0 Å². The van der Waals surface area contributed by atoms with Gasteiger partial charge in [-0.3, -0.25) is 4.79 Å². The van der Waals surface area contributed by atoms with Gasteiger partial charge in [0.15, 0.2) is 16.8 Å². The van der Waals surface area contributed by atoms with Crippen molar-refractivity contribution in [2.24, 2.45) is 5.10 Å². The van der Waals surface area contributed by atoms with E-state index in [0.717, 1.165) is 22.3 Å². The molecule has 3 rings (SSSR count). The Balaban J connectivity index is 1.51. The van der Waals surface area contributed by atoms with Crippen molar-refractivity contribution in [2.45, 2.75) is 0 Å². The number of thiazole rings is 1. The van der Waals surface area contributed by atoms with E-state index in [2.05, 4.69) is 20.8 Å². The zero-order valence-corrected chi connectivity index (χ0v) is 13.1. The molecule has 0 saturated heterocycles. The molecule has 0 bridgehead atoms. The molecule has 122 valence electrons. The molecule has 1 heterocycles. The van der Waals surface area contributed by atoms with Crippen LogP contribution in [0.25, 0.3) is 10.2 Å². The Morgan fingerprint density at radius 2 is 2.04 bits per heavy atom. The number of rotatable bonds is 5. The zero-order valence-electron chi connectivity index (χ0n) is 12.3. The van der Waals surface area contributed by atoms with Crippen LogP contribution in [0, 0.1) is 11.6 Å². The predicted molar refractivity (Wildman–Crippen MR) is 90.2 cm³/mol. The van der Waals surface area contributed by atoms with Crippen LogP contribution in [0.15, 0.2) is 47.6 Å². The van der Waals surface area contributed by atoms with Crippen molar-refractivity contribution in [3.63, 3.8) is 0 Å². The Bertz CT molecular complexity index is 877. The third kappa shape index (κ3) is 3.90. The number of fused-ring (bicyclic) bond motifs is 1. The third-order valence-electron chi connectivity index (χ3n) is 3.04. The summed E-state index contributed by atoms with van der Waals surface area (Å²) in [4.78, 5) is 16.0. The summed E-state index contributed by atoms with van der Waals surface area (Å²) in [5.74, 6) is -2.29. The van der Waals surface area contributed by atoms with Gasteiger partial charge in [-0.05, 0) is 29.8 Å². The Kier molecular flexibility index (Phi) is 4.76. The topological polar surface area (TPSA) is 66.4 Å². The van der Waals surface area contributed by atoms with Gasteiger partial charge >= 0.3 is 0 Å². The predicted octanol–water partition coefficient (Wildman–Crippen LogP) is 3.14. The van der Waals surface area contributed by atoms with Crippen molar-refractivity contribution in [3.8, 4) is 0 Å². The SMILES string of the molecule is O=C(CNc1nc2ccccc2s1)N/N=C\c1ccc(F)c(F)c1. The van der Waals surface area contributed by atoms with E-state index in [1.165, 1.54) is 23.6 Å². The smallest absolute Gasteiger partial charge is 0.259 e. The number of hydrogen-bond acceptors (Lipinski definition) is 5. The summed E-state index contributed by atoms with van der Waals surface area (Å²) in [6, 6.07) is 11.0. The van der Waals surface area contributed by atoms with Crippen LogP contribution in [0.3, 0.4) is 0 Å². The van der Waals surface area contributed by atoms with Gasteiger partial charge in [-0.1, -0.05) is 29.5 Å². The van der Waals surface area contributed by atoms with Gasteiger partial charge in [0.05, 0.1) is 23.0 Å². The van der Waals surface area contributed by atoms with Crippen LogP contribution >= 0.6 is 11.3 Å². The van der Waals surface area contributed by atoms with E-state index < -0.39 is 11.6 Å². The molecule has 0 spiro atoms. The number of para-hydroxylation sites is 1. The lowest BCUT2D eigenvalue weighted by molar-refractivity contribution is -0.119. The number of carbonyl (C=O) groups excluding carboxylic acids is 1. The molecule has 0 fully saturated rings. The average molecular weight is 346 g/mol. The van der Waals surface area contributed by atoms with Gasteiger partial charge in [-0.25, -0.2) is 19.2 Å². The molecule has 5 nitrogen and oxygen atoms in total.